The van der Waals surface area contributed by atoms with Gasteiger partial charge < -0.3 is 10.1 Å². The highest BCUT2D eigenvalue weighted by Gasteiger charge is 2.27. The lowest BCUT2D eigenvalue weighted by Gasteiger charge is -2.21. The Morgan fingerprint density at radius 3 is 2.17 bits per heavy atom. The van der Waals surface area contributed by atoms with E-state index in [-0.39, 0.29) is 30.3 Å². The molecule has 0 unspecified atom stereocenters. The standard InChI is InChI=1S/C20H23NO3/c1-3-15(2)19(16-10-6-4-7-11-16)20(23)24-14-18(22)21-17-12-8-5-9-13-17/h4-13,15,19H,3,14H2,1-2H3,(H,21,22)/t15-,19+/m0/s1. The molecule has 2 rings (SSSR count). The van der Waals surface area contributed by atoms with Gasteiger partial charge in [-0.25, -0.2) is 0 Å². The van der Waals surface area contributed by atoms with Crippen LogP contribution in [0, 0.1) is 5.92 Å². The molecular weight excluding hydrogens is 302 g/mol. The molecule has 2 aromatic rings. The largest absolute Gasteiger partial charge is 0.455 e. The molecule has 0 spiro atoms. The van der Waals surface area contributed by atoms with Crippen LogP contribution in [0.4, 0.5) is 5.69 Å². The van der Waals surface area contributed by atoms with Crippen molar-refractivity contribution in [2.45, 2.75) is 26.2 Å². The molecule has 0 saturated heterocycles. The minimum absolute atomic E-state index is 0.136. The number of ether oxygens (including phenoxy) is 1. The molecule has 0 aliphatic heterocycles. The third-order valence-electron chi connectivity index (χ3n) is 4.03. The van der Waals surface area contributed by atoms with Crippen LogP contribution in [0.5, 0.6) is 0 Å². The summed E-state index contributed by atoms with van der Waals surface area (Å²) in [4.78, 5) is 24.4. The Bertz CT molecular complexity index is 655. The van der Waals surface area contributed by atoms with E-state index in [2.05, 4.69) is 5.32 Å². The Hall–Kier alpha value is -2.62. The number of carbonyl (C=O) groups excluding carboxylic acids is 2. The van der Waals surface area contributed by atoms with E-state index in [9.17, 15) is 9.59 Å². The van der Waals surface area contributed by atoms with Gasteiger partial charge >= 0.3 is 5.97 Å². The average Bonchev–Trinajstić information content (AvgIpc) is 2.62. The Morgan fingerprint density at radius 1 is 1.00 bits per heavy atom. The van der Waals surface area contributed by atoms with E-state index in [4.69, 9.17) is 4.74 Å². The number of carbonyl (C=O) groups is 2. The highest BCUT2D eigenvalue weighted by atomic mass is 16.5. The van der Waals surface area contributed by atoms with Crippen molar-refractivity contribution in [2.75, 3.05) is 11.9 Å². The first-order valence-corrected chi connectivity index (χ1v) is 8.18. The summed E-state index contributed by atoms with van der Waals surface area (Å²) in [6.07, 6.45) is 0.852. The van der Waals surface area contributed by atoms with Gasteiger partial charge in [-0.05, 0) is 23.6 Å². The lowest BCUT2D eigenvalue weighted by Crippen LogP contribution is -2.26. The summed E-state index contributed by atoms with van der Waals surface area (Å²) in [5, 5.41) is 2.70. The molecule has 0 aliphatic rings. The van der Waals surface area contributed by atoms with E-state index in [1.54, 1.807) is 12.1 Å². The summed E-state index contributed by atoms with van der Waals surface area (Å²) in [6.45, 7) is 3.77. The van der Waals surface area contributed by atoms with E-state index in [1.165, 1.54) is 0 Å². The maximum absolute atomic E-state index is 12.5. The fourth-order valence-electron chi connectivity index (χ4n) is 2.54. The molecule has 0 saturated carbocycles. The Balaban J connectivity index is 1.96. The minimum atomic E-state index is -0.362. The number of amides is 1. The second-order valence-electron chi connectivity index (χ2n) is 5.80. The summed E-state index contributed by atoms with van der Waals surface area (Å²) in [5.74, 6) is -0.929. The molecule has 126 valence electrons. The van der Waals surface area contributed by atoms with Crippen molar-refractivity contribution in [3.8, 4) is 0 Å². The van der Waals surface area contributed by atoms with Gasteiger partial charge in [0.15, 0.2) is 6.61 Å². The Kier molecular flexibility index (Phi) is 6.55. The van der Waals surface area contributed by atoms with Crippen LogP contribution in [0.15, 0.2) is 60.7 Å². The number of hydrogen-bond acceptors (Lipinski definition) is 3. The van der Waals surface area contributed by atoms with Crippen molar-refractivity contribution in [1.29, 1.82) is 0 Å². The summed E-state index contributed by atoms with van der Waals surface area (Å²) >= 11 is 0. The molecule has 2 atom stereocenters. The molecule has 0 radical (unpaired) electrons. The van der Waals surface area contributed by atoms with Gasteiger partial charge in [0.05, 0.1) is 5.92 Å². The van der Waals surface area contributed by atoms with Crippen molar-refractivity contribution in [3.05, 3.63) is 66.2 Å². The SMILES string of the molecule is CC[C@H](C)[C@@H](C(=O)OCC(=O)Nc1ccccc1)c1ccccc1. The molecule has 1 amide bonds. The van der Waals surface area contributed by atoms with Gasteiger partial charge in [-0.2, -0.15) is 0 Å². The van der Waals surface area contributed by atoms with Gasteiger partial charge in [-0.1, -0.05) is 68.8 Å². The normalized spacial score (nSPS) is 12.9. The lowest BCUT2D eigenvalue weighted by molar-refractivity contribution is -0.150. The molecule has 4 nitrogen and oxygen atoms in total. The molecule has 0 aliphatic carbocycles. The van der Waals surface area contributed by atoms with Crippen LogP contribution < -0.4 is 5.32 Å². The predicted octanol–water partition coefficient (Wildman–Crippen LogP) is 4.00. The highest BCUT2D eigenvalue weighted by Crippen LogP contribution is 2.28. The van der Waals surface area contributed by atoms with Crippen molar-refractivity contribution in [3.63, 3.8) is 0 Å². The van der Waals surface area contributed by atoms with Gasteiger partial charge in [-0.15, -0.1) is 0 Å². The second-order valence-corrected chi connectivity index (χ2v) is 5.80. The molecule has 0 heterocycles. The van der Waals surface area contributed by atoms with Crippen LogP contribution in [0.1, 0.15) is 31.7 Å². The van der Waals surface area contributed by atoms with E-state index in [0.29, 0.717) is 5.69 Å². The summed E-state index contributed by atoms with van der Waals surface area (Å²) < 4.78 is 5.26. The first kappa shape index (κ1) is 17.7. The first-order chi connectivity index (χ1) is 11.6. The first-order valence-electron chi connectivity index (χ1n) is 8.18. The number of hydrogen-bond donors (Lipinski definition) is 1. The van der Waals surface area contributed by atoms with Crippen LogP contribution in [0.3, 0.4) is 0 Å². The van der Waals surface area contributed by atoms with Crippen LogP contribution in [-0.2, 0) is 14.3 Å². The fourth-order valence-corrected chi connectivity index (χ4v) is 2.54. The smallest absolute Gasteiger partial charge is 0.314 e. The number of nitrogens with one attached hydrogen (secondary N) is 1. The van der Waals surface area contributed by atoms with E-state index < -0.39 is 0 Å². The van der Waals surface area contributed by atoms with Crippen molar-refractivity contribution < 1.29 is 14.3 Å². The minimum Gasteiger partial charge on any atom is -0.455 e. The van der Waals surface area contributed by atoms with Crippen LogP contribution in [0.2, 0.25) is 0 Å². The number of anilines is 1. The molecule has 1 N–H and O–H groups in total. The maximum atomic E-state index is 12.5. The molecule has 2 aromatic carbocycles. The third kappa shape index (κ3) is 4.95. The number of para-hydroxylation sites is 1. The number of esters is 1. The van der Waals surface area contributed by atoms with Gasteiger partial charge in [0.2, 0.25) is 0 Å². The topological polar surface area (TPSA) is 55.4 Å². The quantitative estimate of drug-likeness (QED) is 0.783. The van der Waals surface area contributed by atoms with E-state index in [1.807, 2.05) is 62.4 Å². The molecule has 0 fully saturated rings. The van der Waals surface area contributed by atoms with Crippen molar-refractivity contribution in [1.82, 2.24) is 0 Å². The van der Waals surface area contributed by atoms with Crippen molar-refractivity contribution >= 4 is 17.6 Å². The Labute approximate surface area is 142 Å². The molecule has 4 heteroatoms. The monoisotopic (exact) mass is 325 g/mol. The molecule has 0 aromatic heterocycles. The van der Waals surface area contributed by atoms with Gasteiger partial charge in [0.25, 0.3) is 5.91 Å². The van der Waals surface area contributed by atoms with Crippen LogP contribution in [-0.4, -0.2) is 18.5 Å². The zero-order valence-electron chi connectivity index (χ0n) is 14.1. The molecule has 0 bridgehead atoms. The predicted molar refractivity (Wildman–Crippen MR) is 94.7 cm³/mol. The third-order valence-corrected chi connectivity index (χ3v) is 4.03. The summed E-state index contributed by atoms with van der Waals surface area (Å²) in [5.41, 5.74) is 1.60. The zero-order chi connectivity index (χ0) is 17.4. The Morgan fingerprint density at radius 2 is 1.58 bits per heavy atom. The summed E-state index contributed by atoms with van der Waals surface area (Å²) in [6, 6.07) is 18.6. The highest BCUT2D eigenvalue weighted by molar-refractivity contribution is 5.93. The second kappa shape index (κ2) is 8.87. The lowest BCUT2D eigenvalue weighted by atomic mass is 9.86. The maximum Gasteiger partial charge on any atom is 0.314 e. The number of benzene rings is 2. The number of rotatable bonds is 7. The fraction of sp³-hybridized carbons (Fsp3) is 0.300. The van der Waals surface area contributed by atoms with Gasteiger partial charge in [0.1, 0.15) is 0 Å². The van der Waals surface area contributed by atoms with Crippen molar-refractivity contribution in [2.24, 2.45) is 5.92 Å². The molecule has 24 heavy (non-hydrogen) atoms. The van der Waals surface area contributed by atoms with E-state index >= 15 is 0 Å². The zero-order valence-corrected chi connectivity index (χ0v) is 14.1. The van der Waals surface area contributed by atoms with Crippen LogP contribution >= 0.6 is 0 Å². The van der Waals surface area contributed by atoms with Gasteiger partial charge in [-0.3, -0.25) is 9.59 Å². The molecular formula is C20H23NO3. The summed E-state index contributed by atoms with van der Waals surface area (Å²) in [7, 11) is 0. The van der Waals surface area contributed by atoms with Crippen LogP contribution in [0.25, 0.3) is 0 Å². The average molecular weight is 325 g/mol. The van der Waals surface area contributed by atoms with E-state index in [0.717, 1.165) is 12.0 Å². The van der Waals surface area contributed by atoms with Gasteiger partial charge in [0, 0.05) is 5.69 Å².